The van der Waals surface area contributed by atoms with E-state index >= 15 is 0 Å². The number of carbonyl (C=O) groups excluding carboxylic acids is 1. The van der Waals surface area contributed by atoms with E-state index in [1.165, 1.54) is 62.2 Å². The van der Waals surface area contributed by atoms with Crippen molar-refractivity contribution >= 4 is 40.1 Å². The summed E-state index contributed by atoms with van der Waals surface area (Å²) in [5, 5.41) is 10.0. The van der Waals surface area contributed by atoms with E-state index in [0.29, 0.717) is 24.7 Å². The third-order valence-corrected chi connectivity index (χ3v) is 8.99. The number of benzene rings is 4. The summed E-state index contributed by atoms with van der Waals surface area (Å²) < 4.78 is 54.5. The van der Waals surface area contributed by atoms with E-state index in [4.69, 9.17) is 0 Å². The summed E-state index contributed by atoms with van der Waals surface area (Å²) in [5.41, 5.74) is 5.00. The van der Waals surface area contributed by atoms with Crippen molar-refractivity contribution in [3.63, 3.8) is 0 Å². The molecule has 12 heteroatoms. The molecule has 54 heavy (non-hydrogen) atoms. The first kappa shape index (κ1) is 41.8. The van der Waals surface area contributed by atoms with Crippen molar-refractivity contribution in [3.05, 3.63) is 138 Å². The fourth-order valence-electron chi connectivity index (χ4n) is 6.35. The molecular weight excluding hydrogens is 875 g/mol. The Morgan fingerprint density at radius 3 is 1.37 bits per heavy atom. The first-order valence-electron chi connectivity index (χ1n) is 18.0. The summed E-state index contributed by atoms with van der Waals surface area (Å²) in [6, 6.07) is 28.1. The maximum atomic E-state index is 14.1. The molecule has 0 amide bonds. The molecule has 0 aliphatic carbocycles. The van der Waals surface area contributed by atoms with E-state index in [1.54, 1.807) is 12.1 Å². The average Bonchev–Trinajstić information content (AvgIpc) is 3.71. The normalized spacial score (nSPS) is 12.6. The van der Waals surface area contributed by atoms with Crippen LogP contribution in [-0.4, -0.2) is 37.4 Å². The third kappa shape index (κ3) is 10.6. The number of aromatic carboxylic acids is 1. The number of fused-ring (bicyclic) bond motifs is 2. The zero-order chi connectivity index (χ0) is 37.7. The zero-order valence-corrected chi connectivity index (χ0v) is 32.8. The van der Waals surface area contributed by atoms with E-state index < -0.39 is 29.2 Å². The Morgan fingerprint density at radius 1 is 0.593 bits per heavy atom. The van der Waals surface area contributed by atoms with Crippen LogP contribution in [0.1, 0.15) is 62.9 Å². The number of anilines is 6. The molecule has 1 aromatic heterocycles. The van der Waals surface area contributed by atoms with Gasteiger partial charge in [-0.3, -0.25) is 4.98 Å². The number of aromatic nitrogens is 1. The molecule has 7 rings (SSSR count). The predicted molar refractivity (Wildman–Crippen MR) is 202 cm³/mol. The standard InChI is InChI=1S/2C18H20F2N2.C6H5NO2.Ir/c2*1-2-3-6-11-21-13-22(18-8-5-4-7-17(18)21)16-10-9-14(19)12-15(16)20;8-6(9)5-3-1-2-4-7-5;/h2*4-5,7-10,12H,2-3,6,11,13H2,1H3;1-4H,(H,8,9);/q;;;+3/p-1. The first-order chi connectivity index (χ1) is 25.7. The van der Waals surface area contributed by atoms with Gasteiger partial charge in [-0.1, -0.05) is 69.9 Å². The van der Waals surface area contributed by atoms with Crippen LogP contribution in [0.2, 0.25) is 0 Å². The second-order valence-electron chi connectivity index (χ2n) is 12.8. The van der Waals surface area contributed by atoms with Gasteiger partial charge >= 0.3 is 20.1 Å². The molecule has 0 bridgehead atoms. The van der Waals surface area contributed by atoms with Crippen LogP contribution in [0, 0.1) is 23.3 Å². The minimum absolute atomic E-state index is 0. The van der Waals surface area contributed by atoms with Gasteiger partial charge in [0.05, 0.1) is 59.1 Å². The number of carboxylic acids is 1. The molecule has 0 saturated carbocycles. The second kappa shape index (κ2) is 20.5. The number of carboxylic acid groups (broad SMARTS) is 1. The van der Waals surface area contributed by atoms with Gasteiger partial charge in [-0.15, -0.1) is 0 Å². The fourth-order valence-corrected chi connectivity index (χ4v) is 6.35. The number of para-hydroxylation sites is 4. The summed E-state index contributed by atoms with van der Waals surface area (Å²) in [7, 11) is 0. The zero-order valence-electron chi connectivity index (χ0n) is 30.4. The van der Waals surface area contributed by atoms with Gasteiger partial charge in [0.15, 0.2) is 0 Å². The van der Waals surface area contributed by atoms with Crippen LogP contribution in [0.4, 0.5) is 51.7 Å². The van der Waals surface area contributed by atoms with Gasteiger partial charge in [0.1, 0.15) is 23.3 Å². The van der Waals surface area contributed by atoms with Crippen LogP contribution >= 0.6 is 0 Å². The van der Waals surface area contributed by atoms with Gasteiger partial charge < -0.3 is 29.5 Å². The van der Waals surface area contributed by atoms with Gasteiger partial charge in [-0.05, 0) is 73.5 Å². The Bertz CT molecular complexity index is 1840. The summed E-state index contributed by atoms with van der Waals surface area (Å²) in [4.78, 5) is 21.9. The number of halogens is 4. The summed E-state index contributed by atoms with van der Waals surface area (Å²) in [6.45, 7) is 7.46. The summed E-state index contributed by atoms with van der Waals surface area (Å²) in [5.74, 6) is -3.38. The van der Waals surface area contributed by atoms with Crippen LogP contribution in [0.3, 0.4) is 0 Å². The number of pyridine rings is 1. The van der Waals surface area contributed by atoms with Crippen molar-refractivity contribution in [2.24, 2.45) is 0 Å². The van der Waals surface area contributed by atoms with Crippen LogP contribution < -0.4 is 24.7 Å². The van der Waals surface area contributed by atoms with Crippen molar-refractivity contribution in [2.75, 3.05) is 46.0 Å². The molecule has 284 valence electrons. The minimum Gasteiger partial charge on any atom is -0.543 e. The maximum absolute atomic E-state index is 14.1. The Labute approximate surface area is 328 Å². The third-order valence-electron chi connectivity index (χ3n) is 8.99. The number of carbonyl (C=O) groups is 1. The molecule has 0 fully saturated rings. The van der Waals surface area contributed by atoms with Gasteiger partial charge in [-0.25, -0.2) is 17.6 Å². The fraction of sp³-hybridized carbons (Fsp3) is 0.286. The summed E-state index contributed by atoms with van der Waals surface area (Å²) >= 11 is 0. The Balaban J connectivity index is 0.000000194. The number of nitrogens with zero attached hydrogens (tertiary/aromatic N) is 5. The maximum Gasteiger partial charge on any atom is 3.00 e. The van der Waals surface area contributed by atoms with Crippen LogP contribution in [0.15, 0.2) is 109 Å². The summed E-state index contributed by atoms with van der Waals surface area (Å²) in [6.07, 6.45) is 8.35. The molecule has 3 heterocycles. The molecule has 0 atom stereocenters. The molecule has 2 aliphatic heterocycles. The van der Waals surface area contributed by atoms with Crippen molar-refractivity contribution in [1.82, 2.24) is 4.98 Å². The number of unbranched alkanes of at least 4 members (excludes halogenated alkanes) is 4. The van der Waals surface area contributed by atoms with Crippen molar-refractivity contribution in [3.8, 4) is 0 Å². The van der Waals surface area contributed by atoms with Gasteiger partial charge in [0.2, 0.25) is 0 Å². The van der Waals surface area contributed by atoms with Crippen molar-refractivity contribution in [1.29, 1.82) is 0 Å². The topological polar surface area (TPSA) is 66.0 Å². The molecule has 0 unspecified atom stereocenters. The van der Waals surface area contributed by atoms with Crippen molar-refractivity contribution < 1.29 is 47.6 Å². The van der Waals surface area contributed by atoms with Gasteiger partial charge in [0.25, 0.3) is 0 Å². The Kier molecular flexibility index (Phi) is 15.9. The van der Waals surface area contributed by atoms with E-state index in [2.05, 4.69) is 40.8 Å². The molecule has 5 aromatic rings. The predicted octanol–water partition coefficient (Wildman–Crippen LogP) is 9.58. The first-order valence-corrected chi connectivity index (χ1v) is 18.0. The number of hydrogen-bond acceptors (Lipinski definition) is 7. The average molecular weight is 919 g/mol. The Morgan fingerprint density at radius 2 is 1.02 bits per heavy atom. The molecule has 0 spiro atoms. The molecule has 4 aromatic carbocycles. The molecule has 0 radical (unpaired) electrons. The number of hydrogen-bond donors (Lipinski definition) is 0. The van der Waals surface area contributed by atoms with Crippen LogP contribution in [0.25, 0.3) is 0 Å². The molecule has 0 saturated heterocycles. The van der Waals surface area contributed by atoms with Crippen molar-refractivity contribution in [2.45, 2.75) is 52.4 Å². The van der Waals surface area contributed by atoms with Crippen LogP contribution in [0.5, 0.6) is 0 Å². The van der Waals surface area contributed by atoms with Crippen LogP contribution in [-0.2, 0) is 20.1 Å². The van der Waals surface area contributed by atoms with E-state index in [9.17, 15) is 27.5 Å². The quantitative estimate of drug-likeness (QED) is 0.0967. The van der Waals surface area contributed by atoms with Gasteiger partial charge in [-0.2, -0.15) is 0 Å². The van der Waals surface area contributed by atoms with E-state index in [0.717, 1.165) is 60.8 Å². The van der Waals surface area contributed by atoms with E-state index in [-0.39, 0.29) is 25.8 Å². The molecule has 0 N–H and O–H groups in total. The molecular formula is C42H44F4IrN5O2+2. The monoisotopic (exact) mass is 919 g/mol. The molecule has 2 aliphatic rings. The smallest absolute Gasteiger partial charge is 0.543 e. The largest absolute Gasteiger partial charge is 3.00 e. The number of rotatable bonds is 11. The minimum atomic E-state index is -1.24. The van der Waals surface area contributed by atoms with E-state index in [1.807, 2.05) is 46.2 Å². The molecule has 7 nitrogen and oxygen atoms in total. The second-order valence-corrected chi connectivity index (χ2v) is 12.8. The van der Waals surface area contributed by atoms with Gasteiger partial charge in [0, 0.05) is 31.4 Å². The SMILES string of the molecule is CCCCCN1CN(c2ccc(F)cc2F)c2ccccc21.CCCCCN1CN(c2ccc(F)cc2F)c2ccccc21.O=C([O-])c1ccccn1.[Ir+3]. The Hall–Kier alpha value is -4.93.